The van der Waals surface area contributed by atoms with Crippen molar-refractivity contribution in [3.8, 4) is 5.88 Å². The lowest BCUT2D eigenvalue weighted by Crippen LogP contribution is -2.61. The van der Waals surface area contributed by atoms with E-state index in [9.17, 15) is 14.7 Å². The third-order valence-electron chi connectivity index (χ3n) is 7.49. The minimum absolute atomic E-state index is 0.0758. The smallest absolute Gasteiger partial charge is 0.291 e. The number of ether oxygens (including phenoxy) is 1. The van der Waals surface area contributed by atoms with Crippen LogP contribution in [0.2, 0.25) is 0 Å². The van der Waals surface area contributed by atoms with Crippen LogP contribution in [-0.4, -0.2) is 63.6 Å². The Morgan fingerprint density at radius 3 is 2.72 bits per heavy atom. The Balaban J connectivity index is 1.26. The van der Waals surface area contributed by atoms with Crippen LogP contribution < -0.4 is 10.1 Å². The zero-order valence-electron chi connectivity index (χ0n) is 18.8. The van der Waals surface area contributed by atoms with Crippen molar-refractivity contribution in [3.05, 3.63) is 5.76 Å². The Morgan fingerprint density at radius 1 is 1.34 bits per heavy atom. The van der Waals surface area contributed by atoms with Gasteiger partial charge in [0.05, 0.1) is 12.1 Å². The number of hydrogen-bond donors (Lipinski definition) is 2. The molecule has 5 aliphatic rings. The van der Waals surface area contributed by atoms with Gasteiger partial charge in [0.2, 0.25) is 11.7 Å². The minimum Gasteiger partial charge on any atom is -0.473 e. The third-order valence-corrected chi connectivity index (χ3v) is 8.56. The highest BCUT2D eigenvalue weighted by atomic mass is 32.2. The van der Waals surface area contributed by atoms with Gasteiger partial charge >= 0.3 is 0 Å². The number of amides is 2. The van der Waals surface area contributed by atoms with E-state index in [-0.39, 0.29) is 28.9 Å². The van der Waals surface area contributed by atoms with Crippen molar-refractivity contribution in [2.45, 2.75) is 80.6 Å². The molecule has 2 heterocycles. The summed E-state index contributed by atoms with van der Waals surface area (Å²) in [6.45, 7) is 5.68. The number of carbonyl (C=O) groups is 2. The van der Waals surface area contributed by atoms with E-state index in [1.807, 2.05) is 13.8 Å². The molecule has 0 aromatic carbocycles. The van der Waals surface area contributed by atoms with E-state index in [0.29, 0.717) is 48.1 Å². The summed E-state index contributed by atoms with van der Waals surface area (Å²) in [5.74, 6) is 1.66. The molecule has 2 N–H and O–H groups in total. The van der Waals surface area contributed by atoms with Crippen LogP contribution in [0.1, 0.15) is 69.3 Å². The molecule has 1 aromatic rings. The molecular weight excluding hydrogens is 430 g/mol. The normalized spacial score (nSPS) is 33.4. The fourth-order valence-corrected chi connectivity index (χ4v) is 7.38. The first-order valence-electron chi connectivity index (χ1n) is 11.9. The maximum atomic E-state index is 13.2. The summed E-state index contributed by atoms with van der Waals surface area (Å²) in [5.41, 5.74) is -0.527. The van der Waals surface area contributed by atoms with Crippen molar-refractivity contribution in [2.75, 3.05) is 19.7 Å². The molecule has 176 valence electrons. The Kier molecular flexibility index (Phi) is 5.90. The molecule has 5 fully saturated rings. The predicted octanol–water partition coefficient (Wildman–Crippen LogP) is 2.85. The quantitative estimate of drug-likeness (QED) is 0.571. The Labute approximate surface area is 192 Å². The van der Waals surface area contributed by atoms with E-state index >= 15 is 0 Å². The highest BCUT2D eigenvalue weighted by Crippen LogP contribution is 2.55. The van der Waals surface area contributed by atoms with Crippen LogP contribution in [0.5, 0.6) is 5.88 Å². The number of thioether (sulfide) groups is 1. The lowest BCUT2D eigenvalue weighted by molar-refractivity contribution is -0.137. The Bertz CT molecular complexity index is 871. The monoisotopic (exact) mass is 463 g/mol. The van der Waals surface area contributed by atoms with Gasteiger partial charge in [0.25, 0.3) is 11.8 Å². The fraction of sp³-hybridized carbons (Fsp3) is 0.783. The first kappa shape index (κ1) is 22.1. The number of aromatic nitrogens is 1. The van der Waals surface area contributed by atoms with Crippen LogP contribution in [-0.2, 0) is 4.79 Å². The molecule has 8 nitrogen and oxygen atoms in total. The van der Waals surface area contributed by atoms with Gasteiger partial charge in [-0.1, -0.05) is 13.8 Å². The summed E-state index contributed by atoms with van der Waals surface area (Å²) in [7, 11) is 0. The lowest BCUT2D eigenvalue weighted by atomic mass is 9.52. The van der Waals surface area contributed by atoms with Crippen molar-refractivity contribution >= 4 is 23.6 Å². The van der Waals surface area contributed by atoms with E-state index in [4.69, 9.17) is 9.26 Å². The summed E-state index contributed by atoms with van der Waals surface area (Å²) in [4.78, 5) is 27.4. The van der Waals surface area contributed by atoms with Gasteiger partial charge in [-0.3, -0.25) is 9.59 Å². The Morgan fingerprint density at radius 2 is 2.09 bits per heavy atom. The molecule has 0 radical (unpaired) electrons. The van der Waals surface area contributed by atoms with Gasteiger partial charge in [0.15, 0.2) is 0 Å². The molecular formula is C23H33N3O5S. The van der Waals surface area contributed by atoms with Crippen molar-refractivity contribution in [1.29, 1.82) is 0 Å². The summed E-state index contributed by atoms with van der Waals surface area (Å²) in [6, 6.07) is 0.0758. The third kappa shape index (κ3) is 4.25. The van der Waals surface area contributed by atoms with Crippen molar-refractivity contribution < 1.29 is 24.0 Å². The van der Waals surface area contributed by atoms with Crippen LogP contribution >= 0.6 is 11.8 Å². The van der Waals surface area contributed by atoms with Gasteiger partial charge in [-0.2, -0.15) is 0 Å². The van der Waals surface area contributed by atoms with E-state index in [1.54, 1.807) is 4.90 Å². The van der Waals surface area contributed by atoms with E-state index in [2.05, 4.69) is 10.5 Å². The second-order valence-electron chi connectivity index (χ2n) is 10.3. The first-order valence-corrected chi connectivity index (χ1v) is 12.8. The number of aliphatic hydroxyl groups is 1. The van der Waals surface area contributed by atoms with Crippen LogP contribution in [0.4, 0.5) is 0 Å². The molecule has 6 rings (SSSR count). The number of carbonyl (C=O) groups excluding carboxylic acids is 2. The molecule has 32 heavy (non-hydrogen) atoms. The first-order chi connectivity index (χ1) is 15.3. The molecule has 9 heteroatoms. The topological polar surface area (TPSA) is 105 Å². The van der Waals surface area contributed by atoms with Crippen LogP contribution in [0, 0.1) is 17.8 Å². The van der Waals surface area contributed by atoms with E-state index in [1.165, 1.54) is 11.8 Å². The molecule has 2 amide bonds. The maximum absolute atomic E-state index is 13.2. The maximum Gasteiger partial charge on any atom is 0.291 e. The number of hydrogen-bond acceptors (Lipinski definition) is 7. The summed E-state index contributed by atoms with van der Waals surface area (Å²) < 4.78 is 11.3. The molecule has 0 spiro atoms. The molecule has 1 saturated heterocycles. The van der Waals surface area contributed by atoms with Gasteiger partial charge in [-0.05, 0) is 61.4 Å². The van der Waals surface area contributed by atoms with E-state index in [0.717, 1.165) is 45.1 Å². The molecule has 4 bridgehead atoms. The summed E-state index contributed by atoms with van der Waals surface area (Å²) in [5, 5.41) is 18.3. The van der Waals surface area contributed by atoms with Crippen molar-refractivity contribution in [2.24, 2.45) is 17.8 Å². The fourth-order valence-electron chi connectivity index (χ4n) is 6.47. The second-order valence-corrected chi connectivity index (χ2v) is 11.9. The highest BCUT2D eigenvalue weighted by Gasteiger charge is 2.55. The molecule has 4 saturated carbocycles. The van der Waals surface area contributed by atoms with Crippen LogP contribution in [0.3, 0.4) is 0 Å². The standard InChI is InChI=1S/C23H33N3O5S/c1-13(2)32-20-19(31-25-22(20)30-7-6-26-5-3-4-17(26)27)21(28)24-18-15-8-14-9-16(18)12-23(29,10-14)11-15/h13-16,18,29H,3-12H2,1-2H3,(H,24,28). The van der Waals surface area contributed by atoms with Gasteiger partial charge in [0.1, 0.15) is 11.5 Å². The number of nitrogens with zero attached hydrogens (tertiary/aromatic N) is 2. The van der Waals surface area contributed by atoms with E-state index < -0.39 is 5.60 Å². The SMILES string of the molecule is CC(C)Sc1c(OCCN2CCCC2=O)noc1C(=O)NC1C2CC3CC1CC(O)(C3)C2. The van der Waals surface area contributed by atoms with Gasteiger partial charge in [0, 0.05) is 24.3 Å². The molecule has 2 unspecified atom stereocenters. The molecule has 1 aromatic heterocycles. The average molecular weight is 464 g/mol. The van der Waals surface area contributed by atoms with Gasteiger partial charge in [-0.25, -0.2) is 0 Å². The molecule has 1 aliphatic heterocycles. The largest absolute Gasteiger partial charge is 0.473 e. The summed E-state index contributed by atoms with van der Waals surface area (Å²) >= 11 is 1.50. The second kappa shape index (κ2) is 8.56. The van der Waals surface area contributed by atoms with Gasteiger partial charge < -0.3 is 24.6 Å². The average Bonchev–Trinajstić information content (AvgIpc) is 3.29. The van der Waals surface area contributed by atoms with Crippen LogP contribution in [0.25, 0.3) is 0 Å². The number of rotatable bonds is 8. The van der Waals surface area contributed by atoms with Gasteiger partial charge in [-0.15, -0.1) is 11.8 Å². The molecule has 4 aliphatic carbocycles. The predicted molar refractivity (Wildman–Crippen MR) is 119 cm³/mol. The summed E-state index contributed by atoms with van der Waals surface area (Å²) in [6.07, 6.45) is 6.13. The zero-order valence-corrected chi connectivity index (χ0v) is 19.7. The van der Waals surface area contributed by atoms with Crippen molar-refractivity contribution in [1.82, 2.24) is 15.4 Å². The molecule has 2 atom stereocenters. The highest BCUT2D eigenvalue weighted by molar-refractivity contribution is 8.00. The zero-order chi connectivity index (χ0) is 22.5. The minimum atomic E-state index is -0.527. The van der Waals surface area contributed by atoms with Crippen LogP contribution in [0.15, 0.2) is 9.42 Å². The Hall–Kier alpha value is -1.74. The lowest BCUT2D eigenvalue weighted by Gasteiger charge is -2.58. The van der Waals surface area contributed by atoms with Crippen molar-refractivity contribution in [3.63, 3.8) is 0 Å². The number of nitrogens with one attached hydrogen (secondary N) is 1. The number of likely N-dealkylation sites (tertiary alicyclic amines) is 1.